The standard InChI is InChI=1S/C10H13NO4/c1-14-9-4-2-3-8(7-9)11-10(13)15-6-5-12/h2-4,7,12H,5-6H2,1H3,(H,11,13). The highest BCUT2D eigenvalue weighted by atomic mass is 16.6. The second-order valence-electron chi connectivity index (χ2n) is 2.72. The van der Waals surface area contributed by atoms with Gasteiger partial charge in [-0.25, -0.2) is 4.79 Å². The van der Waals surface area contributed by atoms with E-state index in [4.69, 9.17) is 9.84 Å². The third-order valence-electron chi connectivity index (χ3n) is 1.64. The van der Waals surface area contributed by atoms with Gasteiger partial charge in [-0.15, -0.1) is 0 Å². The zero-order chi connectivity index (χ0) is 11.1. The molecule has 0 radical (unpaired) electrons. The Kier molecular flexibility index (Phi) is 4.43. The van der Waals surface area contributed by atoms with Crippen molar-refractivity contribution >= 4 is 11.8 Å². The van der Waals surface area contributed by atoms with Gasteiger partial charge in [0.05, 0.1) is 13.7 Å². The Labute approximate surface area is 87.6 Å². The summed E-state index contributed by atoms with van der Waals surface area (Å²) >= 11 is 0. The predicted molar refractivity (Wildman–Crippen MR) is 55.1 cm³/mol. The van der Waals surface area contributed by atoms with Gasteiger partial charge in [0, 0.05) is 11.8 Å². The molecule has 0 bridgehead atoms. The van der Waals surface area contributed by atoms with Crippen molar-refractivity contribution < 1.29 is 19.4 Å². The Morgan fingerprint density at radius 3 is 3.00 bits per heavy atom. The minimum atomic E-state index is -0.600. The average Bonchev–Trinajstić information content (AvgIpc) is 2.26. The molecule has 0 aliphatic rings. The van der Waals surface area contributed by atoms with Gasteiger partial charge in [-0.2, -0.15) is 0 Å². The van der Waals surface area contributed by atoms with Crippen LogP contribution < -0.4 is 10.1 Å². The van der Waals surface area contributed by atoms with Crippen molar-refractivity contribution in [3.8, 4) is 5.75 Å². The second kappa shape index (κ2) is 5.87. The maximum Gasteiger partial charge on any atom is 0.411 e. The summed E-state index contributed by atoms with van der Waals surface area (Å²) in [5, 5.41) is 10.9. The number of carbonyl (C=O) groups excluding carboxylic acids is 1. The fourth-order valence-corrected chi connectivity index (χ4v) is 0.993. The number of carbonyl (C=O) groups is 1. The molecule has 0 aliphatic heterocycles. The lowest BCUT2D eigenvalue weighted by atomic mass is 10.3. The Morgan fingerprint density at radius 1 is 1.53 bits per heavy atom. The summed E-state index contributed by atoms with van der Waals surface area (Å²) in [6.45, 7) is -0.207. The SMILES string of the molecule is COc1cccc(NC(=O)OCCO)c1. The highest BCUT2D eigenvalue weighted by Crippen LogP contribution is 2.16. The van der Waals surface area contributed by atoms with Crippen LogP contribution in [-0.2, 0) is 4.74 Å². The summed E-state index contributed by atoms with van der Waals surface area (Å²) in [5.74, 6) is 0.648. The van der Waals surface area contributed by atoms with Gasteiger partial charge in [-0.1, -0.05) is 6.07 Å². The number of amides is 1. The van der Waals surface area contributed by atoms with Crippen LogP contribution in [0.4, 0.5) is 10.5 Å². The molecule has 1 aromatic carbocycles. The summed E-state index contributed by atoms with van der Waals surface area (Å²) in [5.41, 5.74) is 0.581. The van der Waals surface area contributed by atoms with Crippen molar-refractivity contribution in [2.45, 2.75) is 0 Å². The van der Waals surface area contributed by atoms with E-state index in [2.05, 4.69) is 10.1 Å². The zero-order valence-corrected chi connectivity index (χ0v) is 8.40. The fourth-order valence-electron chi connectivity index (χ4n) is 0.993. The number of benzene rings is 1. The third-order valence-corrected chi connectivity index (χ3v) is 1.64. The highest BCUT2D eigenvalue weighted by molar-refractivity contribution is 5.84. The van der Waals surface area contributed by atoms with Gasteiger partial charge in [-0.3, -0.25) is 5.32 Å². The minimum absolute atomic E-state index is 0.0181. The van der Waals surface area contributed by atoms with Crippen LogP contribution in [0.15, 0.2) is 24.3 Å². The molecule has 0 saturated heterocycles. The molecule has 5 nitrogen and oxygen atoms in total. The number of rotatable bonds is 4. The van der Waals surface area contributed by atoms with Crippen molar-refractivity contribution in [2.75, 3.05) is 25.6 Å². The Hall–Kier alpha value is -1.75. The third kappa shape index (κ3) is 3.86. The smallest absolute Gasteiger partial charge is 0.411 e. The van der Waals surface area contributed by atoms with Crippen LogP contribution in [0.2, 0.25) is 0 Å². The normalized spacial score (nSPS) is 9.47. The molecule has 82 valence electrons. The number of aliphatic hydroxyl groups is 1. The number of hydrogen-bond donors (Lipinski definition) is 2. The van der Waals surface area contributed by atoms with E-state index in [1.807, 2.05) is 0 Å². The number of methoxy groups -OCH3 is 1. The van der Waals surface area contributed by atoms with Crippen molar-refractivity contribution in [3.63, 3.8) is 0 Å². The molecule has 1 aromatic rings. The van der Waals surface area contributed by atoms with Gasteiger partial charge in [-0.05, 0) is 12.1 Å². The largest absolute Gasteiger partial charge is 0.497 e. The molecular formula is C10H13NO4. The van der Waals surface area contributed by atoms with Crippen molar-refractivity contribution in [3.05, 3.63) is 24.3 Å². The van der Waals surface area contributed by atoms with E-state index in [9.17, 15) is 4.79 Å². The minimum Gasteiger partial charge on any atom is -0.497 e. The second-order valence-corrected chi connectivity index (χ2v) is 2.72. The lowest BCUT2D eigenvalue weighted by Crippen LogP contribution is -2.15. The number of nitrogens with one attached hydrogen (secondary N) is 1. The van der Waals surface area contributed by atoms with E-state index >= 15 is 0 Å². The number of anilines is 1. The maximum atomic E-state index is 11.1. The molecule has 0 fully saturated rings. The number of hydrogen-bond acceptors (Lipinski definition) is 4. The molecule has 1 rings (SSSR count). The lowest BCUT2D eigenvalue weighted by Gasteiger charge is -2.06. The molecule has 0 heterocycles. The molecule has 0 atom stereocenters. The molecule has 5 heteroatoms. The van der Waals surface area contributed by atoms with E-state index in [1.165, 1.54) is 0 Å². The van der Waals surface area contributed by atoms with Gasteiger partial charge in [0.2, 0.25) is 0 Å². The molecule has 0 aromatic heterocycles. The van der Waals surface area contributed by atoms with Crippen LogP contribution in [0.25, 0.3) is 0 Å². The van der Waals surface area contributed by atoms with E-state index in [1.54, 1.807) is 31.4 Å². The first kappa shape index (κ1) is 11.3. The van der Waals surface area contributed by atoms with E-state index < -0.39 is 6.09 Å². The van der Waals surface area contributed by atoms with Crippen LogP contribution in [0.1, 0.15) is 0 Å². The fraction of sp³-hybridized carbons (Fsp3) is 0.300. The Morgan fingerprint density at radius 2 is 2.33 bits per heavy atom. The van der Waals surface area contributed by atoms with Crippen LogP contribution in [0.5, 0.6) is 5.75 Å². The van der Waals surface area contributed by atoms with Crippen LogP contribution in [0, 0.1) is 0 Å². The van der Waals surface area contributed by atoms with Gasteiger partial charge in [0.15, 0.2) is 0 Å². The number of aliphatic hydroxyl groups excluding tert-OH is 1. The van der Waals surface area contributed by atoms with Crippen molar-refractivity contribution in [1.82, 2.24) is 0 Å². The van der Waals surface area contributed by atoms with Crippen molar-refractivity contribution in [2.24, 2.45) is 0 Å². The quantitative estimate of drug-likeness (QED) is 0.786. The molecule has 0 saturated carbocycles. The van der Waals surface area contributed by atoms with E-state index in [0.717, 1.165) is 0 Å². The molecule has 15 heavy (non-hydrogen) atoms. The highest BCUT2D eigenvalue weighted by Gasteiger charge is 2.02. The van der Waals surface area contributed by atoms with E-state index in [-0.39, 0.29) is 13.2 Å². The summed E-state index contributed by atoms with van der Waals surface area (Å²) in [6, 6.07) is 6.90. The molecule has 2 N–H and O–H groups in total. The zero-order valence-electron chi connectivity index (χ0n) is 8.40. The summed E-state index contributed by atoms with van der Waals surface area (Å²) in [4.78, 5) is 11.1. The van der Waals surface area contributed by atoms with Crippen LogP contribution in [-0.4, -0.2) is 31.5 Å². The predicted octanol–water partition coefficient (Wildman–Crippen LogP) is 1.24. The van der Waals surface area contributed by atoms with Gasteiger partial charge >= 0.3 is 6.09 Å². The van der Waals surface area contributed by atoms with Gasteiger partial charge < -0.3 is 14.6 Å². The Balaban J connectivity index is 2.52. The average molecular weight is 211 g/mol. The molecular weight excluding hydrogens is 198 g/mol. The topological polar surface area (TPSA) is 67.8 Å². The first-order valence-corrected chi connectivity index (χ1v) is 4.45. The van der Waals surface area contributed by atoms with Crippen LogP contribution in [0.3, 0.4) is 0 Å². The summed E-state index contributed by atoms with van der Waals surface area (Å²) in [6.07, 6.45) is -0.600. The lowest BCUT2D eigenvalue weighted by molar-refractivity contribution is 0.131. The molecule has 1 amide bonds. The van der Waals surface area contributed by atoms with Gasteiger partial charge in [0.1, 0.15) is 12.4 Å². The summed E-state index contributed by atoms with van der Waals surface area (Å²) in [7, 11) is 1.54. The molecule has 0 aliphatic carbocycles. The van der Waals surface area contributed by atoms with E-state index in [0.29, 0.717) is 11.4 Å². The van der Waals surface area contributed by atoms with Crippen molar-refractivity contribution in [1.29, 1.82) is 0 Å². The number of ether oxygens (including phenoxy) is 2. The summed E-state index contributed by atoms with van der Waals surface area (Å²) < 4.78 is 9.61. The molecule has 0 unspecified atom stereocenters. The monoisotopic (exact) mass is 211 g/mol. The first-order chi connectivity index (χ1) is 7.26. The van der Waals surface area contributed by atoms with Crippen LogP contribution >= 0.6 is 0 Å². The Bertz CT molecular complexity index is 327. The molecule has 0 spiro atoms. The first-order valence-electron chi connectivity index (χ1n) is 4.45. The maximum absolute atomic E-state index is 11.1. The van der Waals surface area contributed by atoms with Gasteiger partial charge in [0.25, 0.3) is 0 Å².